The van der Waals surface area contributed by atoms with Crippen molar-refractivity contribution in [3.05, 3.63) is 76.9 Å². The number of phenols is 2. The van der Waals surface area contributed by atoms with Crippen LogP contribution in [0.2, 0.25) is 0 Å². The second-order valence-corrected chi connectivity index (χ2v) is 8.26. The molecule has 1 spiro atoms. The Labute approximate surface area is 169 Å². The molecule has 10 heteroatoms. The first-order chi connectivity index (χ1) is 14.2. The lowest BCUT2D eigenvalue weighted by Crippen LogP contribution is -2.32. The number of hydrogen-bond acceptors (Lipinski definition) is 6. The number of carbonyl (C=O) groups excluding carboxylic acids is 1. The molecule has 0 saturated carbocycles. The van der Waals surface area contributed by atoms with Gasteiger partial charge in [-0.1, -0.05) is 6.07 Å². The summed E-state index contributed by atoms with van der Waals surface area (Å²) in [5.74, 6) is -0.326. The number of rotatable bonds is 2. The zero-order valence-corrected chi connectivity index (χ0v) is 16.0. The van der Waals surface area contributed by atoms with Crippen LogP contribution in [0.4, 0.5) is 5.69 Å². The maximum Gasteiger partial charge on any atom is 0.427 e. The molecule has 2 aliphatic heterocycles. The van der Waals surface area contributed by atoms with Crippen molar-refractivity contribution in [3.63, 3.8) is 0 Å². The first-order valence-electron chi connectivity index (χ1n) is 8.74. The van der Waals surface area contributed by atoms with E-state index in [1.54, 1.807) is 12.1 Å². The van der Waals surface area contributed by atoms with Crippen molar-refractivity contribution in [3.8, 4) is 23.0 Å². The van der Waals surface area contributed by atoms with E-state index in [1.807, 2.05) is 5.09 Å². The molecule has 0 bridgehead atoms. The second kappa shape index (κ2) is 5.99. The van der Waals surface area contributed by atoms with Gasteiger partial charge in [-0.25, -0.2) is 9.36 Å². The monoisotopic (exact) mass is 427 g/mol. The number of ether oxygens (including phenoxy) is 2. The van der Waals surface area contributed by atoms with Crippen LogP contribution in [-0.4, -0.2) is 26.0 Å². The van der Waals surface area contributed by atoms with Crippen LogP contribution in [0.3, 0.4) is 0 Å². The van der Waals surface area contributed by atoms with Crippen LogP contribution < -0.4 is 9.82 Å². The minimum absolute atomic E-state index is 0.0556. The summed E-state index contributed by atoms with van der Waals surface area (Å²) in [7, 11) is -4.57. The average Bonchev–Trinajstić information content (AvgIpc) is 2.93. The molecule has 3 aromatic carbocycles. The molecular formula is C20H14NO8P. The summed E-state index contributed by atoms with van der Waals surface area (Å²) < 4.78 is 23.0. The van der Waals surface area contributed by atoms with Crippen molar-refractivity contribution in [2.75, 3.05) is 5.09 Å². The van der Waals surface area contributed by atoms with Gasteiger partial charge in [0, 0.05) is 34.5 Å². The largest absolute Gasteiger partial charge is 0.508 e. The standard InChI is InChI=1S/C20H14NO8P/c22-11-2-5-15-17(8-11)28-18-9-12(23)3-6-16(18)20(15)14-4-1-10(21-30(25,26)27)7-13(14)19(24)29-20/h1-9,22-23H,(H3,21,25,26,27). The van der Waals surface area contributed by atoms with Gasteiger partial charge in [-0.15, -0.1) is 0 Å². The molecule has 0 unspecified atom stereocenters. The molecule has 0 fully saturated rings. The Morgan fingerprint density at radius 1 is 0.833 bits per heavy atom. The van der Waals surface area contributed by atoms with Crippen LogP contribution in [0.25, 0.3) is 0 Å². The van der Waals surface area contributed by atoms with Crippen LogP contribution in [0.1, 0.15) is 27.0 Å². The van der Waals surface area contributed by atoms with Crippen molar-refractivity contribution < 1.29 is 38.8 Å². The van der Waals surface area contributed by atoms with E-state index in [0.717, 1.165) is 0 Å². The summed E-state index contributed by atoms with van der Waals surface area (Å²) in [6.45, 7) is 0. The number of nitrogens with one attached hydrogen (secondary N) is 1. The van der Waals surface area contributed by atoms with Gasteiger partial charge in [-0.3, -0.25) is 5.09 Å². The van der Waals surface area contributed by atoms with E-state index < -0.39 is 19.3 Å². The molecular weight excluding hydrogens is 413 g/mol. The SMILES string of the molecule is O=C1OC2(c3ccc(O)cc3Oc3cc(O)ccc32)c2ccc(NP(=O)(O)O)cc21. The number of phenolic OH excluding ortho intramolecular Hbond substituents is 2. The lowest BCUT2D eigenvalue weighted by Gasteiger charge is -2.36. The van der Waals surface area contributed by atoms with E-state index >= 15 is 0 Å². The topological polar surface area (TPSA) is 146 Å². The van der Waals surface area contributed by atoms with Gasteiger partial charge < -0.3 is 29.5 Å². The first kappa shape index (κ1) is 18.5. The van der Waals surface area contributed by atoms with Gasteiger partial charge in [0.05, 0.1) is 5.56 Å². The van der Waals surface area contributed by atoms with Crippen molar-refractivity contribution in [2.45, 2.75) is 5.60 Å². The molecule has 2 aliphatic rings. The molecule has 30 heavy (non-hydrogen) atoms. The Hall–Kier alpha value is -3.52. The van der Waals surface area contributed by atoms with E-state index in [4.69, 9.17) is 19.3 Å². The maximum absolute atomic E-state index is 12.8. The smallest absolute Gasteiger partial charge is 0.427 e. The Kier molecular flexibility index (Phi) is 3.70. The van der Waals surface area contributed by atoms with Crippen LogP contribution >= 0.6 is 7.75 Å². The van der Waals surface area contributed by atoms with Gasteiger partial charge in [-0.05, 0) is 36.4 Å². The molecule has 5 N–H and O–H groups in total. The summed E-state index contributed by atoms with van der Waals surface area (Å²) in [5, 5.41) is 21.8. The van der Waals surface area contributed by atoms with Gasteiger partial charge in [0.1, 0.15) is 23.0 Å². The van der Waals surface area contributed by atoms with E-state index in [-0.39, 0.29) is 34.2 Å². The van der Waals surface area contributed by atoms with E-state index in [0.29, 0.717) is 16.7 Å². The van der Waals surface area contributed by atoms with Crippen LogP contribution in [0, 0.1) is 0 Å². The van der Waals surface area contributed by atoms with Gasteiger partial charge in [0.25, 0.3) is 0 Å². The lowest BCUT2D eigenvalue weighted by atomic mass is 9.77. The summed E-state index contributed by atoms with van der Waals surface area (Å²) >= 11 is 0. The van der Waals surface area contributed by atoms with Gasteiger partial charge >= 0.3 is 13.7 Å². The number of fused-ring (bicyclic) bond motifs is 6. The third-order valence-electron chi connectivity index (χ3n) is 5.05. The van der Waals surface area contributed by atoms with Crippen LogP contribution in [0.15, 0.2) is 54.6 Å². The molecule has 3 aromatic rings. The van der Waals surface area contributed by atoms with E-state index in [2.05, 4.69) is 0 Å². The molecule has 0 aliphatic carbocycles. The highest BCUT2D eigenvalue weighted by Gasteiger charge is 2.53. The highest BCUT2D eigenvalue weighted by atomic mass is 31.2. The van der Waals surface area contributed by atoms with Crippen molar-refractivity contribution >= 4 is 19.4 Å². The second-order valence-electron chi connectivity index (χ2n) is 6.95. The van der Waals surface area contributed by atoms with E-state index in [1.165, 1.54) is 42.5 Å². The lowest BCUT2D eigenvalue weighted by molar-refractivity contribution is 0.0224. The molecule has 0 saturated heterocycles. The number of aromatic hydroxyl groups is 2. The zero-order valence-electron chi connectivity index (χ0n) is 15.1. The van der Waals surface area contributed by atoms with Crippen molar-refractivity contribution in [1.82, 2.24) is 0 Å². The summed E-state index contributed by atoms with van der Waals surface area (Å²) in [5.41, 5.74) is 0.110. The molecule has 0 radical (unpaired) electrons. The molecule has 0 amide bonds. The minimum Gasteiger partial charge on any atom is -0.508 e. The highest BCUT2D eigenvalue weighted by molar-refractivity contribution is 7.53. The fourth-order valence-corrected chi connectivity index (χ4v) is 4.42. The predicted molar refractivity (Wildman–Crippen MR) is 104 cm³/mol. The Bertz CT molecular complexity index is 1230. The Morgan fingerprint density at radius 2 is 1.40 bits per heavy atom. The normalized spacial score (nSPS) is 15.6. The summed E-state index contributed by atoms with van der Waals surface area (Å²) in [6, 6.07) is 13.0. The van der Waals surface area contributed by atoms with Crippen LogP contribution in [0.5, 0.6) is 23.0 Å². The average molecular weight is 427 g/mol. The summed E-state index contributed by atoms with van der Waals surface area (Å²) in [4.78, 5) is 31.1. The predicted octanol–water partition coefficient (Wildman–Crippen LogP) is 3.17. The molecule has 9 nitrogen and oxygen atoms in total. The van der Waals surface area contributed by atoms with Crippen LogP contribution in [-0.2, 0) is 14.9 Å². The van der Waals surface area contributed by atoms with Gasteiger partial charge in [0.15, 0.2) is 5.60 Å². The molecule has 0 aromatic heterocycles. The number of carbonyl (C=O) groups is 1. The fraction of sp³-hybridized carbons (Fsp3) is 0.0500. The van der Waals surface area contributed by atoms with Gasteiger partial charge in [0.2, 0.25) is 0 Å². The van der Waals surface area contributed by atoms with Crippen molar-refractivity contribution in [2.24, 2.45) is 0 Å². The Balaban J connectivity index is 1.79. The number of hydrogen-bond donors (Lipinski definition) is 5. The first-order valence-corrected chi connectivity index (χ1v) is 10.4. The minimum atomic E-state index is -4.57. The quantitative estimate of drug-likeness (QED) is 0.307. The number of esters is 1. The third kappa shape index (κ3) is 2.64. The Morgan fingerprint density at radius 3 is 1.97 bits per heavy atom. The van der Waals surface area contributed by atoms with Gasteiger partial charge in [-0.2, -0.15) is 0 Å². The zero-order chi connectivity index (χ0) is 21.3. The number of anilines is 1. The molecule has 0 atom stereocenters. The molecule has 5 rings (SSSR count). The maximum atomic E-state index is 12.8. The summed E-state index contributed by atoms with van der Waals surface area (Å²) in [6.07, 6.45) is 0. The molecule has 152 valence electrons. The number of benzene rings is 3. The van der Waals surface area contributed by atoms with Crippen molar-refractivity contribution in [1.29, 1.82) is 0 Å². The highest BCUT2D eigenvalue weighted by Crippen LogP contribution is 2.57. The fourth-order valence-electron chi connectivity index (χ4n) is 3.94. The molecule has 2 heterocycles. The van der Waals surface area contributed by atoms with E-state index in [9.17, 15) is 19.6 Å². The third-order valence-corrected chi connectivity index (χ3v) is 5.60.